The maximum absolute atomic E-state index is 5.94. The van der Waals surface area contributed by atoms with Crippen LogP contribution in [0.15, 0.2) is 17.1 Å². The number of guanidine groups is 1. The molecule has 4 nitrogen and oxygen atoms in total. The van der Waals surface area contributed by atoms with Crippen molar-refractivity contribution in [2.24, 2.45) is 4.99 Å². The molecule has 2 bridgehead atoms. The van der Waals surface area contributed by atoms with E-state index in [1.54, 1.807) is 11.3 Å². The highest BCUT2D eigenvalue weighted by molar-refractivity contribution is 7.16. The lowest BCUT2D eigenvalue weighted by Gasteiger charge is -2.22. The third-order valence-electron chi connectivity index (χ3n) is 3.79. The summed E-state index contributed by atoms with van der Waals surface area (Å²) in [6.45, 7) is 3.60. The normalized spacial score (nSPS) is 28.9. The Balaban J connectivity index is 1.59. The first-order valence-corrected chi connectivity index (χ1v) is 8.38. The molecule has 0 radical (unpaired) electrons. The number of nitrogens with one attached hydrogen (secondary N) is 2. The number of hydrogen-bond acceptors (Lipinski definition) is 3. The zero-order chi connectivity index (χ0) is 13.9. The molecule has 20 heavy (non-hydrogen) atoms. The fourth-order valence-electron chi connectivity index (χ4n) is 2.88. The van der Waals surface area contributed by atoms with Gasteiger partial charge < -0.3 is 15.4 Å². The van der Waals surface area contributed by atoms with Gasteiger partial charge in [-0.15, -0.1) is 11.3 Å². The number of aliphatic imine (C=N–C) groups is 1. The smallest absolute Gasteiger partial charge is 0.191 e. The summed E-state index contributed by atoms with van der Waals surface area (Å²) in [7, 11) is 0. The molecule has 3 atom stereocenters. The van der Waals surface area contributed by atoms with Gasteiger partial charge in [0.2, 0.25) is 0 Å². The SMILES string of the molecule is CCNC(=NCc1ccc(Cl)s1)NC1CC2CCC1O2. The second kappa shape index (κ2) is 6.33. The van der Waals surface area contributed by atoms with Crippen LogP contribution in [0.25, 0.3) is 0 Å². The number of rotatable bonds is 4. The monoisotopic (exact) mass is 313 g/mol. The van der Waals surface area contributed by atoms with E-state index < -0.39 is 0 Å². The van der Waals surface area contributed by atoms with E-state index in [2.05, 4.69) is 22.5 Å². The van der Waals surface area contributed by atoms with Gasteiger partial charge in [0.25, 0.3) is 0 Å². The van der Waals surface area contributed by atoms with E-state index in [1.165, 1.54) is 17.7 Å². The molecule has 1 aromatic rings. The largest absolute Gasteiger partial charge is 0.373 e. The molecule has 0 saturated carbocycles. The minimum Gasteiger partial charge on any atom is -0.373 e. The van der Waals surface area contributed by atoms with E-state index >= 15 is 0 Å². The van der Waals surface area contributed by atoms with E-state index in [-0.39, 0.29) is 0 Å². The van der Waals surface area contributed by atoms with Crippen molar-refractivity contribution in [3.05, 3.63) is 21.3 Å². The number of hydrogen-bond donors (Lipinski definition) is 2. The van der Waals surface area contributed by atoms with Gasteiger partial charge in [0, 0.05) is 11.4 Å². The van der Waals surface area contributed by atoms with Crippen molar-refractivity contribution in [1.82, 2.24) is 10.6 Å². The van der Waals surface area contributed by atoms with Crippen molar-refractivity contribution in [2.45, 2.75) is 51.0 Å². The van der Waals surface area contributed by atoms with Crippen molar-refractivity contribution >= 4 is 28.9 Å². The molecule has 0 aromatic carbocycles. The molecular weight excluding hydrogens is 294 g/mol. The molecule has 1 aromatic heterocycles. The summed E-state index contributed by atoms with van der Waals surface area (Å²) in [6.07, 6.45) is 4.29. The fourth-order valence-corrected chi connectivity index (χ4v) is 3.89. The van der Waals surface area contributed by atoms with Crippen LogP contribution in [-0.4, -0.2) is 30.8 Å². The fraction of sp³-hybridized carbons (Fsp3) is 0.643. The zero-order valence-corrected chi connectivity index (χ0v) is 13.1. The number of thiophene rings is 1. The summed E-state index contributed by atoms with van der Waals surface area (Å²) in [5, 5.41) is 6.81. The van der Waals surface area contributed by atoms with Gasteiger partial charge in [-0.1, -0.05) is 11.6 Å². The molecule has 3 heterocycles. The molecule has 2 saturated heterocycles. The van der Waals surface area contributed by atoms with Crippen LogP contribution in [0.3, 0.4) is 0 Å². The summed E-state index contributed by atoms with van der Waals surface area (Å²) in [4.78, 5) is 5.81. The maximum atomic E-state index is 5.94. The van der Waals surface area contributed by atoms with E-state index in [0.29, 0.717) is 24.8 Å². The molecule has 3 unspecified atom stereocenters. The maximum Gasteiger partial charge on any atom is 0.191 e. The summed E-state index contributed by atoms with van der Waals surface area (Å²) in [5.41, 5.74) is 0. The van der Waals surface area contributed by atoms with E-state index in [1.807, 2.05) is 12.1 Å². The van der Waals surface area contributed by atoms with Gasteiger partial charge in [0.1, 0.15) is 0 Å². The van der Waals surface area contributed by atoms with Gasteiger partial charge in [-0.25, -0.2) is 4.99 Å². The van der Waals surface area contributed by atoms with Crippen molar-refractivity contribution in [3.8, 4) is 0 Å². The first-order chi connectivity index (χ1) is 9.74. The van der Waals surface area contributed by atoms with Crippen LogP contribution in [0.2, 0.25) is 4.34 Å². The third kappa shape index (κ3) is 3.27. The molecule has 2 N–H and O–H groups in total. The molecule has 110 valence electrons. The standard InChI is InChI=1S/C14H20ClN3OS/c1-2-16-14(17-8-10-4-6-13(15)20-10)18-11-7-9-3-5-12(11)19-9/h4,6,9,11-12H,2-3,5,7-8H2,1H3,(H2,16,17,18). The van der Waals surface area contributed by atoms with E-state index in [4.69, 9.17) is 16.3 Å². The second-order valence-electron chi connectivity index (χ2n) is 5.26. The van der Waals surface area contributed by atoms with E-state index in [9.17, 15) is 0 Å². The number of halogens is 1. The lowest BCUT2D eigenvalue weighted by molar-refractivity contribution is 0.0992. The van der Waals surface area contributed by atoms with Gasteiger partial charge >= 0.3 is 0 Å². The Morgan fingerprint density at radius 1 is 1.50 bits per heavy atom. The lowest BCUT2D eigenvalue weighted by Crippen LogP contribution is -2.47. The molecule has 0 aliphatic carbocycles. The Bertz CT molecular complexity index is 491. The predicted octanol–water partition coefficient (Wildman–Crippen LogP) is 2.78. The summed E-state index contributed by atoms with van der Waals surface area (Å²) >= 11 is 7.52. The third-order valence-corrected chi connectivity index (χ3v) is 5.01. The Morgan fingerprint density at radius 3 is 3.00 bits per heavy atom. The van der Waals surface area contributed by atoms with Crippen LogP contribution < -0.4 is 10.6 Å². The highest BCUT2D eigenvalue weighted by Crippen LogP contribution is 2.34. The summed E-state index contributed by atoms with van der Waals surface area (Å²) in [6, 6.07) is 4.35. The van der Waals surface area contributed by atoms with Crippen molar-refractivity contribution in [1.29, 1.82) is 0 Å². The quantitative estimate of drug-likeness (QED) is 0.663. The summed E-state index contributed by atoms with van der Waals surface area (Å²) < 4.78 is 6.68. The molecule has 2 aliphatic heterocycles. The Kier molecular flexibility index (Phi) is 4.48. The first-order valence-electron chi connectivity index (χ1n) is 7.19. The Labute approximate surface area is 128 Å². The Hall–Kier alpha value is -0.780. The molecule has 3 rings (SSSR count). The lowest BCUT2D eigenvalue weighted by atomic mass is 9.96. The average Bonchev–Trinajstić information content (AvgIpc) is 3.13. The molecular formula is C14H20ClN3OS. The van der Waals surface area contributed by atoms with Gasteiger partial charge in [-0.05, 0) is 38.3 Å². The zero-order valence-electron chi connectivity index (χ0n) is 11.6. The molecule has 6 heteroatoms. The van der Waals surface area contributed by atoms with Gasteiger partial charge in [0.05, 0.1) is 29.1 Å². The van der Waals surface area contributed by atoms with Crippen molar-refractivity contribution < 1.29 is 4.74 Å². The second-order valence-corrected chi connectivity index (χ2v) is 7.06. The topological polar surface area (TPSA) is 45.7 Å². The van der Waals surface area contributed by atoms with Gasteiger partial charge in [-0.3, -0.25) is 0 Å². The molecule has 0 amide bonds. The highest BCUT2D eigenvalue weighted by atomic mass is 35.5. The number of fused-ring (bicyclic) bond motifs is 2. The molecule has 2 fully saturated rings. The van der Waals surface area contributed by atoms with Crippen LogP contribution >= 0.6 is 22.9 Å². The van der Waals surface area contributed by atoms with Crippen LogP contribution in [0.1, 0.15) is 31.1 Å². The molecule has 2 aliphatic rings. The minimum atomic E-state index is 0.361. The molecule has 0 spiro atoms. The predicted molar refractivity (Wildman–Crippen MR) is 83.6 cm³/mol. The number of nitrogens with zero attached hydrogens (tertiary/aromatic N) is 1. The minimum absolute atomic E-state index is 0.361. The van der Waals surface area contributed by atoms with Crippen LogP contribution in [0, 0.1) is 0 Å². The summed E-state index contributed by atoms with van der Waals surface area (Å²) in [5.74, 6) is 0.873. The highest BCUT2D eigenvalue weighted by Gasteiger charge is 2.41. The first kappa shape index (κ1) is 14.2. The van der Waals surface area contributed by atoms with E-state index in [0.717, 1.165) is 23.3 Å². The van der Waals surface area contributed by atoms with Gasteiger partial charge in [-0.2, -0.15) is 0 Å². The van der Waals surface area contributed by atoms with Crippen LogP contribution in [-0.2, 0) is 11.3 Å². The van der Waals surface area contributed by atoms with Crippen LogP contribution in [0.4, 0.5) is 0 Å². The van der Waals surface area contributed by atoms with Crippen LogP contribution in [0.5, 0.6) is 0 Å². The number of ether oxygens (including phenoxy) is 1. The van der Waals surface area contributed by atoms with Crippen molar-refractivity contribution in [2.75, 3.05) is 6.54 Å². The average molecular weight is 314 g/mol. The van der Waals surface area contributed by atoms with Gasteiger partial charge in [0.15, 0.2) is 5.96 Å². The Morgan fingerprint density at radius 2 is 2.40 bits per heavy atom. The van der Waals surface area contributed by atoms with Crippen molar-refractivity contribution in [3.63, 3.8) is 0 Å².